The summed E-state index contributed by atoms with van der Waals surface area (Å²) >= 11 is 0. The molecule has 2 aromatic rings. The van der Waals surface area contributed by atoms with Crippen LogP contribution < -0.4 is 14.5 Å². The Morgan fingerprint density at radius 1 is 1.05 bits per heavy atom. The van der Waals surface area contributed by atoms with Gasteiger partial charge in [-0.05, 0) is 19.9 Å². The second-order valence-electron chi connectivity index (χ2n) is 5.08. The van der Waals surface area contributed by atoms with Crippen molar-refractivity contribution in [3.8, 4) is 5.88 Å². The predicted octanol–water partition coefficient (Wildman–Crippen LogP) is 1.30. The fourth-order valence-electron chi connectivity index (χ4n) is 2.49. The largest absolute Gasteiger partial charge is 0.477 e. The first kappa shape index (κ1) is 14.5. The van der Waals surface area contributed by atoms with Crippen LogP contribution in [-0.4, -0.2) is 52.7 Å². The standard InChI is InChI=1S/C15H20N6O/c1-3-22-15-11-16-10-14(19-15)21-8-6-20(7-9-21)13-4-5-17-12(2)18-13/h4-5,10-11H,3,6-9H2,1-2H3. The van der Waals surface area contributed by atoms with E-state index < -0.39 is 0 Å². The van der Waals surface area contributed by atoms with E-state index in [0.29, 0.717) is 12.5 Å². The average Bonchev–Trinajstić information content (AvgIpc) is 2.56. The van der Waals surface area contributed by atoms with Crippen molar-refractivity contribution < 1.29 is 4.74 Å². The lowest BCUT2D eigenvalue weighted by molar-refractivity contribution is 0.325. The summed E-state index contributed by atoms with van der Waals surface area (Å²) in [4.78, 5) is 21.8. The maximum atomic E-state index is 5.41. The highest BCUT2D eigenvalue weighted by Gasteiger charge is 2.19. The number of aromatic nitrogens is 4. The maximum absolute atomic E-state index is 5.41. The van der Waals surface area contributed by atoms with Gasteiger partial charge in [0.1, 0.15) is 11.6 Å². The zero-order valence-electron chi connectivity index (χ0n) is 12.9. The number of rotatable bonds is 4. The van der Waals surface area contributed by atoms with E-state index in [9.17, 15) is 0 Å². The Labute approximate surface area is 130 Å². The molecule has 0 aromatic carbocycles. The molecule has 0 unspecified atom stereocenters. The molecule has 1 saturated heterocycles. The second-order valence-corrected chi connectivity index (χ2v) is 5.08. The van der Waals surface area contributed by atoms with Crippen LogP contribution in [0, 0.1) is 6.92 Å². The average molecular weight is 300 g/mol. The highest BCUT2D eigenvalue weighted by molar-refractivity contribution is 5.44. The van der Waals surface area contributed by atoms with E-state index in [1.165, 1.54) is 0 Å². The van der Waals surface area contributed by atoms with Crippen LogP contribution in [0.15, 0.2) is 24.7 Å². The first-order chi connectivity index (χ1) is 10.8. The third kappa shape index (κ3) is 3.24. The van der Waals surface area contributed by atoms with Crippen LogP contribution in [-0.2, 0) is 0 Å². The Hall–Kier alpha value is -2.44. The molecule has 1 aliphatic heterocycles. The molecule has 2 aromatic heterocycles. The number of anilines is 2. The van der Waals surface area contributed by atoms with Crippen molar-refractivity contribution in [1.82, 2.24) is 19.9 Å². The zero-order chi connectivity index (χ0) is 15.4. The van der Waals surface area contributed by atoms with Crippen LogP contribution >= 0.6 is 0 Å². The van der Waals surface area contributed by atoms with Gasteiger partial charge in [0.15, 0.2) is 5.82 Å². The van der Waals surface area contributed by atoms with E-state index in [1.807, 2.05) is 19.9 Å². The van der Waals surface area contributed by atoms with Crippen LogP contribution in [0.5, 0.6) is 5.88 Å². The molecule has 0 saturated carbocycles. The van der Waals surface area contributed by atoms with E-state index in [4.69, 9.17) is 4.74 Å². The SMILES string of the molecule is CCOc1cncc(N2CCN(c3ccnc(C)n3)CC2)n1. The summed E-state index contributed by atoms with van der Waals surface area (Å²) in [5, 5.41) is 0. The molecule has 7 heteroatoms. The smallest absolute Gasteiger partial charge is 0.234 e. The molecule has 3 rings (SSSR count). The maximum Gasteiger partial charge on any atom is 0.234 e. The van der Waals surface area contributed by atoms with Crippen LogP contribution in [0.1, 0.15) is 12.7 Å². The molecule has 3 heterocycles. The van der Waals surface area contributed by atoms with Gasteiger partial charge in [0, 0.05) is 32.4 Å². The van der Waals surface area contributed by atoms with Gasteiger partial charge in [-0.2, -0.15) is 4.98 Å². The summed E-state index contributed by atoms with van der Waals surface area (Å²) in [6, 6.07) is 1.96. The van der Waals surface area contributed by atoms with E-state index >= 15 is 0 Å². The van der Waals surface area contributed by atoms with Gasteiger partial charge >= 0.3 is 0 Å². The van der Waals surface area contributed by atoms with E-state index in [-0.39, 0.29) is 0 Å². The van der Waals surface area contributed by atoms with Crippen LogP contribution in [0.2, 0.25) is 0 Å². The number of ether oxygens (including phenoxy) is 1. The van der Waals surface area contributed by atoms with E-state index in [0.717, 1.165) is 43.6 Å². The second kappa shape index (κ2) is 6.55. The van der Waals surface area contributed by atoms with Crippen molar-refractivity contribution in [1.29, 1.82) is 0 Å². The number of nitrogens with zero attached hydrogens (tertiary/aromatic N) is 6. The summed E-state index contributed by atoms with van der Waals surface area (Å²) in [6.45, 7) is 8.01. The molecule has 116 valence electrons. The van der Waals surface area contributed by atoms with Crippen molar-refractivity contribution >= 4 is 11.6 Å². The van der Waals surface area contributed by atoms with Crippen LogP contribution in [0.25, 0.3) is 0 Å². The van der Waals surface area contributed by atoms with Crippen molar-refractivity contribution in [3.05, 3.63) is 30.5 Å². The van der Waals surface area contributed by atoms with Gasteiger partial charge in [-0.3, -0.25) is 4.98 Å². The number of piperazine rings is 1. The summed E-state index contributed by atoms with van der Waals surface area (Å²) in [7, 11) is 0. The molecule has 7 nitrogen and oxygen atoms in total. The van der Waals surface area contributed by atoms with Gasteiger partial charge in [-0.1, -0.05) is 0 Å². The Kier molecular flexibility index (Phi) is 4.32. The fraction of sp³-hybridized carbons (Fsp3) is 0.467. The minimum absolute atomic E-state index is 0.578. The van der Waals surface area contributed by atoms with Crippen molar-refractivity contribution in [3.63, 3.8) is 0 Å². The lowest BCUT2D eigenvalue weighted by Crippen LogP contribution is -2.47. The molecule has 0 aliphatic carbocycles. The van der Waals surface area contributed by atoms with E-state index in [1.54, 1.807) is 18.6 Å². The minimum Gasteiger partial charge on any atom is -0.477 e. The topological polar surface area (TPSA) is 67.3 Å². The highest BCUT2D eigenvalue weighted by atomic mass is 16.5. The van der Waals surface area contributed by atoms with Crippen molar-refractivity contribution in [2.24, 2.45) is 0 Å². The minimum atomic E-state index is 0.578. The van der Waals surface area contributed by atoms with Gasteiger partial charge in [-0.15, -0.1) is 0 Å². The third-order valence-electron chi connectivity index (χ3n) is 3.58. The molecular weight excluding hydrogens is 280 g/mol. The summed E-state index contributed by atoms with van der Waals surface area (Å²) in [5.74, 6) is 3.23. The molecule has 0 spiro atoms. The Balaban J connectivity index is 1.65. The highest BCUT2D eigenvalue weighted by Crippen LogP contribution is 2.18. The number of hydrogen-bond donors (Lipinski definition) is 0. The van der Waals surface area contributed by atoms with Gasteiger partial charge < -0.3 is 14.5 Å². The molecule has 0 N–H and O–H groups in total. The molecule has 0 atom stereocenters. The van der Waals surface area contributed by atoms with Gasteiger partial charge in [-0.25, -0.2) is 9.97 Å². The summed E-state index contributed by atoms with van der Waals surface area (Å²) in [6.07, 6.45) is 5.24. The van der Waals surface area contributed by atoms with Crippen molar-refractivity contribution in [2.75, 3.05) is 42.6 Å². The van der Waals surface area contributed by atoms with E-state index in [2.05, 4.69) is 29.7 Å². The molecule has 1 fully saturated rings. The molecule has 22 heavy (non-hydrogen) atoms. The van der Waals surface area contributed by atoms with Gasteiger partial charge in [0.05, 0.1) is 19.0 Å². The number of hydrogen-bond acceptors (Lipinski definition) is 7. The lowest BCUT2D eigenvalue weighted by atomic mass is 10.3. The fourth-order valence-corrected chi connectivity index (χ4v) is 2.49. The Morgan fingerprint density at radius 3 is 2.45 bits per heavy atom. The first-order valence-corrected chi connectivity index (χ1v) is 7.50. The Bertz CT molecular complexity index is 627. The monoisotopic (exact) mass is 300 g/mol. The van der Waals surface area contributed by atoms with Crippen LogP contribution in [0.3, 0.4) is 0 Å². The molecule has 1 aliphatic rings. The van der Waals surface area contributed by atoms with Crippen molar-refractivity contribution in [2.45, 2.75) is 13.8 Å². The quantitative estimate of drug-likeness (QED) is 0.843. The summed E-state index contributed by atoms with van der Waals surface area (Å²) in [5.41, 5.74) is 0. The molecule has 0 amide bonds. The number of aryl methyl sites for hydroxylation is 1. The third-order valence-corrected chi connectivity index (χ3v) is 3.58. The predicted molar refractivity (Wildman–Crippen MR) is 84.4 cm³/mol. The van der Waals surface area contributed by atoms with Crippen LogP contribution in [0.4, 0.5) is 11.6 Å². The first-order valence-electron chi connectivity index (χ1n) is 7.50. The van der Waals surface area contributed by atoms with Gasteiger partial charge in [0.2, 0.25) is 5.88 Å². The lowest BCUT2D eigenvalue weighted by Gasteiger charge is -2.35. The zero-order valence-corrected chi connectivity index (χ0v) is 12.9. The molecular formula is C15H20N6O. The Morgan fingerprint density at radius 2 is 1.77 bits per heavy atom. The van der Waals surface area contributed by atoms with Gasteiger partial charge in [0.25, 0.3) is 0 Å². The normalized spacial score (nSPS) is 15.0. The molecule has 0 radical (unpaired) electrons. The summed E-state index contributed by atoms with van der Waals surface area (Å²) < 4.78 is 5.41. The molecule has 0 bridgehead atoms.